The Balaban J connectivity index is 2.32. The smallest absolute Gasteiger partial charge is 0.106 e. The van der Waals surface area contributed by atoms with Crippen LogP contribution in [0.2, 0.25) is 0 Å². The third kappa shape index (κ3) is 1.53. The minimum atomic E-state index is 0.554. The molecule has 1 aliphatic carbocycles. The Labute approximate surface area is 107 Å². The first-order valence-corrected chi connectivity index (χ1v) is 6.59. The number of rotatable bonds is 1. The molecule has 2 aromatic rings. The van der Waals surface area contributed by atoms with Gasteiger partial charge in [0.05, 0.1) is 11.1 Å². The van der Waals surface area contributed by atoms with Crippen LogP contribution in [0.1, 0.15) is 48.5 Å². The van der Waals surface area contributed by atoms with Gasteiger partial charge in [-0.2, -0.15) is 5.26 Å². The number of aromatic nitrogens is 2. The molecule has 1 saturated carbocycles. The van der Waals surface area contributed by atoms with Crippen molar-refractivity contribution in [3.63, 3.8) is 0 Å². The summed E-state index contributed by atoms with van der Waals surface area (Å²) in [5.41, 5.74) is 4.99. The minimum absolute atomic E-state index is 0.554. The van der Waals surface area contributed by atoms with Crippen molar-refractivity contribution in [3.05, 3.63) is 29.1 Å². The summed E-state index contributed by atoms with van der Waals surface area (Å²) < 4.78 is 2.35. The molecule has 0 aromatic carbocycles. The number of nitrogens with zero attached hydrogens (tertiary/aromatic N) is 3. The van der Waals surface area contributed by atoms with Gasteiger partial charge >= 0.3 is 0 Å². The lowest BCUT2D eigenvalue weighted by molar-refractivity contribution is 0.525. The van der Waals surface area contributed by atoms with Crippen molar-refractivity contribution >= 4 is 11.0 Å². The number of nitriles is 1. The third-order valence-electron chi connectivity index (χ3n) is 4.03. The van der Waals surface area contributed by atoms with Gasteiger partial charge in [0.25, 0.3) is 0 Å². The number of hydrogen-bond donors (Lipinski definition) is 0. The van der Waals surface area contributed by atoms with E-state index in [-0.39, 0.29) is 0 Å². The Morgan fingerprint density at radius 1 is 1.33 bits per heavy atom. The monoisotopic (exact) mass is 239 g/mol. The molecule has 0 amide bonds. The zero-order valence-corrected chi connectivity index (χ0v) is 10.9. The third-order valence-corrected chi connectivity index (χ3v) is 4.03. The van der Waals surface area contributed by atoms with Crippen LogP contribution >= 0.6 is 0 Å². The van der Waals surface area contributed by atoms with Gasteiger partial charge in [0.15, 0.2) is 0 Å². The fourth-order valence-corrected chi connectivity index (χ4v) is 3.17. The zero-order chi connectivity index (χ0) is 12.7. The highest BCUT2D eigenvalue weighted by Gasteiger charge is 2.23. The normalized spacial score (nSPS) is 16.3. The van der Waals surface area contributed by atoms with Gasteiger partial charge in [-0.05, 0) is 38.3 Å². The fraction of sp³-hybridized carbons (Fsp3) is 0.467. The van der Waals surface area contributed by atoms with Gasteiger partial charge in [-0.15, -0.1) is 0 Å². The molecule has 18 heavy (non-hydrogen) atoms. The Bertz CT molecular complexity index is 640. The molecule has 0 N–H and O–H groups in total. The molecule has 0 spiro atoms. The molecule has 0 atom stereocenters. The summed E-state index contributed by atoms with van der Waals surface area (Å²) in [6.45, 7) is 4.10. The van der Waals surface area contributed by atoms with Crippen molar-refractivity contribution in [1.29, 1.82) is 5.26 Å². The van der Waals surface area contributed by atoms with Gasteiger partial charge in [-0.25, -0.2) is 0 Å². The summed E-state index contributed by atoms with van der Waals surface area (Å²) >= 11 is 0. The topological polar surface area (TPSA) is 41.6 Å². The summed E-state index contributed by atoms with van der Waals surface area (Å²) in [4.78, 5) is 4.46. The summed E-state index contributed by atoms with van der Waals surface area (Å²) in [5.74, 6) is 0. The van der Waals surface area contributed by atoms with E-state index in [4.69, 9.17) is 0 Å². The van der Waals surface area contributed by atoms with Gasteiger partial charge < -0.3 is 4.57 Å². The SMILES string of the molecule is Cc1cnc2c(C#N)c(C)n(C3CCCC3)c2c1. The molecule has 2 aromatic heterocycles. The average molecular weight is 239 g/mol. The highest BCUT2D eigenvalue weighted by molar-refractivity contribution is 5.84. The molecule has 0 radical (unpaired) electrons. The maximum Gasteiger partial charge on any atom is 0.106 e. The van der Waals surface area contributed by atoms with E-state index in [2.05, 4.69) is 28.6 Å². The van der Waals surface area contributed by atoms with Gasteiger partial charge in [-0.3, -0.25) is 4.98 Å². The summed E-state index contributed by atoms with van der Waals surface area (Å²) in [6, 6.07) is 5.03. The van der Waals surface area contributed by atoms with E-state index in [1.807, 2.05) is 13.1 Å². The first kappa shape index (κ1) is 11.3. The zero-order valence-electron chi connectivity index (χ0n) is 10.9. The van der Waals surface area contributed by atoms with E-state index in [0.29, 0.717) is 6.04 Å². The summed E-state index contributed by atoms with van der Waals surface area (Å²) in [6.07, 6.45) is 6.89. The van der Waals surface area contributed by atoms with Crippen molar-refractivity contribution in [2.45, 2.75) is 45.6 Å². The summed E-state index contributed by atoms with van der Waals surface area (Å²) in [7, 11) is 0. The van der Waals surface area contributed by atoms with E-state index >= 15 is 0 Å². The van der Waals surface area contributed by atoms with Crippen molar-refractivity contribution < 1.29 is 0 Å². The second-order valence-corrected chi connectivity index (χ2v) is 5.26. The van der Waals surface area contributed by atoms with Crippen molar-refractivity contribution in [2.24, 2.45) is 0 Å². The van der Waals surface area contributed by atoms with Crippen molar-refractivity contribution in [1.82, 2.24) is 9.55 Å². The second-order valence-electron chi connectivity index (χ2n) is 5.26. The van der Waals surface area contributed by atoms with Crippen LogP contribution in [-0.4, -0.2) is 9.55 Å². The number of aryl methyl sites for hydroxylation is 1. The van der Waals surface area contributed by atoms with Gasteiger partial charge in [0.2, 0.25) is 0 Å². The Morgan fingerprint density at radius 2 is 2.06 bits per heavy atom. The molecule has 92 valence electrons. The average Bonchev–Trinajstić information content (AvgIpc) is 2.94. The van der Waals surface area contributed by atoms with Crippen LogP contribution in [0, 0.1) is 25.2 Å². The number of pyridine rings is 1. The predicted octanol–water partition coefficient (Wildman–Crippen LogP) is 3.64. The molecule has 3 heteroatoms. The predicted molar refractivity (Wildman–Crippen MR) is 71.4 cm³/mol. The van der Waals surface area contributed by atoms with Crippen LogP contribution in [0.5, 0.6) is 0 Å². The Kier molecular flexibility index (Phi) is 2.59. The molecular formula is C15H17N3. The number of hydrogen-bond acceptors (Lipinski definition) is 2. The van der Waals surface area contributed by atoms with Crippen LogP contribution in [0.25, 0.3) is 11.0 Å². The van der Waals surface area contributed by atoms with Gasteiger partial charge in [0, 0.05) is 17.9 Å². The van der Waals surface area contributed by atoms with Gasteiger partial charge in [0.1, 0.15) is 11.6 Å². The molecule has 1 aliphatic rings. The molecular weight excluding hydrogens is 222 g/mol. The van der Waals surface area contributed by atoms with Crippen LogP contribution in [0.15, 0.2) is 12.3 Å². The first-order valence-electron chi connectivity index (χ1n) is 6.59. The first-order chi connectivity index (χ1) is 8.72. The van der Waals surface area contributed by atoms with E-state index in [1.54, 1.807) is 0 Å². The molecule has 0 bridgehead atoms. The quantitative estimate of drug-likeness (QED) is 0.762. The second kappa shape index (κ2) is 4.13. The lowest BCUT2D eigenvalue weighted by Crippen LogP contribution is -2.06. The Hall–Kier alpha value is -1.82. The largest absolute Gasteiger partial charge is 0.339 e. The maximum atomic E-state index is 9.34. The Morgan fingerprint density at radius 3 is 2.72 bits per heavy atom. The molecule has 3 rings (SSSR count). The molecule has 1 fully saturated rings. The molecule has 0 aliphatic heterocycles. The lowest BCUT2D eigenvalue weighted by Gasteiger charge is -2.16. The minimum Gasteiger partial charge on any atom is -0.339 e. The highest BCUT2D eigenvalue weighted by Crippen LogP contribution is 2.36. The lowest BCUT2D eigenvalue weighted by atomic mass is 10.2. The van der Waals surface area contributed by atoms with Gasteiger partial charge in [-0.1, -0.05) is 12.8 Å². The van der Waals surface area contributed by atoms with E-state index in [9.17, 15) is 5.26 Å². The van der Waals surface area contributed by atoms with Crippen LogP contribution in [0.4, 0.5) is 0 Å². The van der Waals surface area contributed by atoms with Crippen LogP contribution in [0.3, 0.4) is 0 Å². The molecule has 0 unspecified atom stereocenters. The van der Waals surface area contributed by atoms with E-state index in [1.165, 1.54) is 25.7 Å². The van der Waals surface area contributed by atoms with Crippen LogP contribution < -0.4 is 0 Å². The molecule has 0 saturated heterocycles. The fourth-order valence-electron chi connectivity index (χ4n) is 3.17. The maximum absolute atomic E-state index is 9.34. The number of fused-ring (bicyclic) bond motifs is 1. The highest BCUT2D eigenvalue weighted by atomic mass is 15.0. The summed E-state index contributed by atoms with van der Waals surface area (Å²) in [5, 5.41) is 9.34. The molecule has 3 nitrogen and oxygen atoms in total. The molecule has 2 heterocycles. The van der Waals surface area contributed by atoms with Crippen molar-refractivity contribution in [2.75, 3.05) is 0 Å². The van der Waals surface area contributed by atoms with E-state index < -0.39 is 0 Å². The standard InChI is InChI=1S/C15H17N3/c1-10-7-14-15(17-9-10)13(8-16)11(2)18(14)12-5-3-4-6-12/h7,9,12H,3-6H2,1-2H3. The van der Waals surface area contributed by atoms with E-state index in [0.717, 1.165) is 27.9 Å². The van der Waals surface area contributed by atoms with Crippen LogP contribution in [-0.2, 0) is 0 Å². The van der Waals surface area contributed by atoms with Crippen molar-refractivity contribution in [3.8, 4) is 6.07 Å².